The summed E-state index contributed by atoms with van der Waals surface area (Å²) in [7, 11) is 0. The van der Waals surface area contributed by atoms with Gasteiger partial charge in [0.1, 0.15) is 5.82 Å². The molecule has 1 aliphatic heterocycles. The first-order valence-electron chi connectivity index (χ1n) is 8.58. The molecule has 1 aliphatic rings. The fourth-order valence-corrected chi connectivity index (χ4v) is 3.14. The van der Waals surface area contributed by atoms with Gasteiger partial charge >= 0.3 is 6.18 Å². The maximum atomic E-state index is 13.1. The standard InChI is InChI=1S/C19H20F3N3O2/c1-12-10-25(11-13(2)27-12)17-8-7-14(9-23-17)24-18(26)15-5-3-4-6-16(15)19(20,21)22/h3-9,12-13H,10-11H2,1-2H3,(H,24,26). The van der Waals surface area contributed by atoms with Crippen LogP contribution < -0.4 is 10.2 Å². The molecule has 0 bridgehead atoms. The van der Waals surface area contributed by atoms with Crippen molar-refractivity contribution >= 4 is 17.4 Å². The monoisotopic (exact) mass is 379 g/mol. The molecule has 0 spiro atoms. The van der Waals surface area contributed by atoms with Crippen LogP contribution in [0.4, 0.5) is 24.7 Å². The summed E-state index contributed by atoms with van der Waals surface area (Å²) in [6.07, 6.45) is -3.00. The molecule has 2 atom stereocenters. The number of aromatic nitrogens is 1. The van der Waals surface area contributed by atoms with E-state index in [4.69, 9.17) is 4.74 Å². The topological polar surface area (TPSA) is 54.5 Å². The van der Waals surface area contributed by atoms with E-state index >= 15 is 0 Å². The van der Waals surface area contributed by atoms with Crippen LogP contribution in [-0.4, -0.2) is 36.2 Å². The van der Waals surface area contributed by atoms with Crippen molar-refractivity contribution in [2.75, 3.05) is 23.3 Å². The third kappa shape index (κ3) is 4.57. The lowest BCUT2D eigenvalue weighted by Crippen LogP contribution is -2.45. The number of anilines is 2. The van der Waals surface area contributed by atoms with Crippen LogP contribution >= 0.6 is 0 Å². The van der Waals surface area contributed by atoms with Crippen molar-refractivity contribution in [3.8, 4) is 0 Å². The van der Waals surface area contributed by atoms with Gasteiger partial charge in [0.05, 0.1) is 35.2 Å². The van der Waals surface area contributed by atoms with E-state index in [0.717, 1.165) is 18.0 Å². The van der Waals surface area contributed by atoms with Crippen molar-refractivity contribution in [3.63, 3.8) is 0 Å². The van der Waals surface area contributed by atoms with E-state index in [2.05, 4.69) is 15.2 Å². The zero-order valence-electron chi connectivity index (χ0n) is 15.0. The van der Waals surface area contributed by atoms with Crippen LogP contribution in [-0.2, 0) is 10.9 Å². The summed E-state index contributed by atoms with van der Waals surface area (Å²) in [6, 6.07) is 8.04. The Balaban J connectivity index is 1.73. The summed E-state index contributed by atoms with van der Waals surface area (Å²) in [5.74, 6) is -0.100. The Bertz CT molecular complexity index is 799. The van der Waals surface area contributed by atoms with E-state index in [-0.39, 0.29) is 12.2 Å². The third-order valence-electron chi connectivity index (χ3n) is 4.23. The van der Waals surface area contributed by atoms with Crippen molar-refractivity contribution in [3.05, 3.63) is 53.7 Å². The number of carbonyl (C=O) groups excluding carboxylic acids is 1. The second-order valence-electron chi connectivity index (χ2n) is 6.56. The minimum absolute atomic E-state index is 0.0776. The molecule has 3 rings (SSSR count). The summed E-state index contributed by atoms with van der Waals surface area (Å²) < 4.78 is 44.9. The van der Waals surface area contributed by atoms with Crippen LogP contribution in [0.3, 0.4) is 0 Å². The summed E-state index contributed by atoms with van der Waals surface area (Å²) in [5.41, 5.74) is -1.07. The van der Waals surface area contributed by atoms with Gasteiger partial charge in [0, 0.05) is 13.1 Å². The number of alkyl halides is 3. The van der Waals surface area contributed by atoms with E-state index in [1.807, 2.05) is 13.8 Å². The molecule has 1 N–H and O–H groups in total. The second kappa shape index (κ2) is 7.56. The summed E-state index contributed by atoms with van der Waals surface area (Å²) in [4.78, 5) is 18.7. The molecule has 1 fully saturated rings. The molecule has 0 saturated carbocycles. The maximum Gasteiger partial charge on any atom is 0.417 e. The molecule has 144 valence electrons. The number of halogens is 3. The minimum atomic E-state index is -4.60. The average Bonchev–Trinajstić information content (AvgIpc) is 2.61. The lowest BCUT2D eigenvalue weighted by atomic mass is 10.1. The van der Waals surface area contributed by atoms with E-state index < -0.39 is 23.2 Å². The number of morpholine rings is 1. The number of nitrogens with zero attached hydrogens (tertiary/aromatic N) is 2. The Hall–Kier alpha value is -2.61. The lowest BCUT2D eigenvalue weighted by molar-refractivity contribution is -0.137. The number of rotatable bonds is 3. The Morgan fingerprint density at radius 3 is 2.41 bits per heavy atom. The predicted molar refractivity (Wildman–Crippen MR) is 95.9 cm³/mol. The molecule has 1 aromatic carbocycles. The Morgan fingerprint density at radius 1 is 1.15 bits per heavy atom. The van der Waals surface area contributed by atoms with E-state index in [9.17, 15) is 18.0 Å². The first-order chi connectivity index (χ1) is 12.7. The van der Waals surface area contributed by atoms with Gasteiger partial charge in [0.2, 0.25) is 0 Å². The molecule has 2 aromatic rings. The van der Waals surface area contributed by atoms with Crippen LogP contribution in [0.5, 0.6) is 0 Å². The van der Waals surface area contributed by atoms with Crippen LogP contribution in [0.15, 0.2) is 42.6 Å². The Kier molecular flexibility index (Phi) is 5.36. The highest BCUT2D eigenvalue weighted by atomic mass is 19.4. The molecule has 0 aliphatic carbocycles. The molecule has 2 heterocycles. The molecular weight excluding hydrogens is 359 g/mol. The quantitative estimate of drug-likeness (QED) is 0.877. The normalized spacial score (nSPS) is 20.4. The van der Waals surface area contributed by atoms with Gasteiger partial charge in [0.15, 0.2) is 0 Å². The molecule has 0 radical (unpaired) electrons. The molecule has 27 heavy (non-hydrogen) atoms. The number of pyridine rings is 1. The lowest BCUT2D eigenvalue weighted by Gasteiger charge is -2.36. The van der Waals surface area contributed by atoms with Gasteiger partial charge in [-0.05, 0) is 38.1 Å². The van der Waals surface area contributed by atoms with Gasteiger partial charge in [-0.15, -0.1) is 0 Å². The van der Waals surface area contributed by atoms with Crippen molar-refractivity contribution in [2.45, 2.75) is 32.2 Å². The minimum Gasteiger partial charge on any atom is -0.372 e. The fraction of sp³-hybridized carbons (Fsp3) is 0.368. The summed E-state index contributed by atoms with van der Waals surface area (Å²) in [5, 5.41) is 2.47. The zero-order chi connectivity index (χ0) is 19.6. The number of ether oxygens (including phenoxy) is 1. The molecule has 1 amide bonds. The molecule has 1 saturated heterocycles. The molecule has 5 nitrogen and oxygen atoms in total. The Labute approximate surface area is 155 Å². The number of nitrogens with one attached hydrogen (secondary N) is 1. The predicted octanol–water partition coefficient (Wildman–Crippen LogP) is 3.97. The summed E-state index contributed by atoms with van der Waals surface area (Å²) >= 11 is 0. The van der Waals surface area contributed by atoms with Gasteiger partial charge in [0.25, 0.3) is 5.91 Å². The van der Waals surface area contributed by atoms with Crippen molar-refractivity contribution in [1.82, 2.24) is 4.98 Å². The van der Waals surface area contributed by atoms with Crippen molar-refractivity contribution in [1.29, 1.82) is 0 Å². The molecule has 1 aromatic heterocycles. The van der Waals surface area contributed by atoms with E-state index in [0.29, 0.717) is 18.8 Å². The van der Waals surface area contributed by atoms with Crippen LogP contribution in [0, 0.1) is 0 Å². The first kappa shape index (κ1) is 19.2. The number of benzene rings is 1. The molecular formula is C19H20F3N3O2. The van der Waals surface area contributed by atoms with Crippen LogP contribution in [0.2, 0.25) is 0 Å². The van der Waals surface area contributed by atoms with Crippen LogP contribution in [0.1, 0.15) is 29.8 Å². The highest BCUT2D eigenvalue weighted by Gasteiger charge is 2.34. The number of amides is 1. The van der Waals surface area contributed by atoms with Crippen molar-refractivity contribution < 1.29 is 22.7 Å². The Morgan fingerprint density at radius 2 is 1.81 bits per heavy atom. The van der Waals surface area contributed by atoms with Gasteiger partial charge in [-0.2, -0.15) is 13.2 Å². The van der Waals surface area contributed by atoms with Gasteiger partial charge in [-0.25, -0.2) is 4.98 Å². The maximum absolute atomic E-state index is 13.1. The zero-order valence-corrected chi connectivity index (χ0v) is 15.0. The smallest absolute Gasteiger partial charge is 0.372 e. The number of hydrogen-bond acceptors (Lipinski definition) is 4. The highest BCUT2D eigenvalue weighted by Crippen LogP contribution is 2.32. The number of carbonyl (C=O) groups is 1. The summed E-state index contributed by atoms with van der Waals surface area (Å²) in [6.45, 7) is 5.36. The van der Waals surface area contributed by atoms with Crippen molar-refractivity contribution in [2.24, 2.45) is 0 Å². The average molecular weight is 379 g/mol. The van der Waals surface area contributed by atoms with E-state index in [1.165, 1.54) is 18.3 Å². The SMILES string of the molecule is CC1CN(c2ccc(NC(=O)c3ccccc3C(F)(F)F)cn2)CC(C)O1. The first-order valence-corrected chi connectivity index (χ1v) is 8.58. The molecule has 8 heteroatoms. The second-order valence-corrected chi connectivity index (χ2v) is 6.56. The fourth-order valence-electron chi connectivity index (χ4n) is 3.14. The third-order valence-corrected chi connectivity index (χ3v) is 4.23. The van der Waals surface area contributed by atoms with Crippen LogP contribution in [0.25, 0.3) is 0 Å². The van der Waals surface area contributed by atoms with E-state index in [1.54, 1.807) is 12.1 Å². The highest BCUT2D eigenvalue weighted by molar-refractivity contribution is 6.05. The number of hydrogen-bond donors (Lipinski definition) is 1. The van der Waals surface area contributed by atoms with Gasteiger partial charge < -0.3 is 15.0 Å². The van der Waals surface area contributed by atoms with Gasteiger partial charge in [-0.3, -0.25) is 4.79 Å². The molecule has 2 unspecified atom stereocenters. The largest absolute Gasteiger partial charge is 0.417 e. The van der Waals surface area contributed by atoms with Gasteiger partial charge in [-0.1, -0.05) is 12.1 Å².